The van der Waals surface area contributed by atoms with Gasteiger partial charge in [-0.25, -0.2) is 0 Å². The van der Waals surface area contributed by atoms with Crippen LogP contribution in [0.3, 0.4) is 0 Å². The number of unbranched alkanes of at least 4 members (excludes halogenated alkanes) is 1. The van der Waals surface area contributed by atoms with Gasteiger partial charge in [0.25, 0.3) is 5.91 Å². The van der Waals surface area contributed by atoms with Crippen molar-refractivity contribution >= 4 is 5.91 Å². The van der Waals surface area contributed by atoms with E-state index < -0.39 is 0 Å². The van der Waals surface area contributed by atoms with Crippen molar-refractivity contribution in [1.82, 2.24) is 9.80 Å². The van der Waals surface area contributed by atoms with Crippen LogP contribution in [0.2, 0.25) is 0 Å². The number of nitrogens with zero attached hydrogens (tertiary/aromatic N) is 2. The Morgan fingerprint density at radius 3 is 2.29 bits per heavy atom. The number of hydrogen-bond donors (Lipinski definition) is 0. The molecule has 3 rings (SSSR count). The maximum Gasteiger partial charge on any atom is 0.254 e. The number of benzene rings is 2. The third kappa shape index (κ3) is 5.26. The average Bonchev–Trinajstić information content (AvgIpc) is 2.77. The normalized spacial score (nSPS) is 14.7. The summed E-state index contributed by atoms with van der Waals surface area (Å²) in [6.45, 7) is 4.51. The molecule has 0 aliphatic carbocycles. The van der Waals surface area contributed by atoms with Gasteiger partial charge in [0.2, 0.25) is 0 Å². The van der Waals surface area contributed by atoms with Crippen molar-refractivity contribution < 1.29 is 14.3 Å². The molecule has 0 aromatic heterocycles. The second kappa shape index (κ2) is 10.1. The van der Waals surface area contributed by atoms with E-state index in [0.29, 0.717) is 17.1 Å². The van der Waals surface area contributed by atoms with E-state index in [0.717, 1.165) is 39.1 Å². The minimum Gasteiger partial charge on any atom is -0.493 e. The third-order valence-electron chi connectivity index (χ3n) is 5.32. The zero-order chi connectivity index (χ0) is 19.8. The largest absolute Gasteiger partial charge is 0.493 e. The maximum absolute atomic E-state index is 12.8. The summed E-state index contributed by atoms with van der Waals surface area (Å²) < 4.78 is 10.6. The molecular weight excluding hydrogens is 352 g/mol. The molecule has 0 radical (unpaired) electrons. The van der Waals surface area contributed by atoms with Gasteiger partial charge < -0.3 is 14.4 Å². The van der Waals surface area contributed by atoms with Crippen LogP contribution in [0.25, 0.3) is 0 Å². The molecule has 0 atom stereocenters. The van der Waals surface area contributed by atoms with E-state index in [1.54, 1.807) is 32.4 Å². The Kier molecular flexibility index (Phi) is 7.31. The van der Waals surface area contributed by atoms with E-state index in [1.807, 2.05) is 4.90 Å². The molecule has 2 aromatic carbocycles. The van der Waals surface area contributed by atoms with E-state index in [2.05, 4.69) is 35.2 Å². The first kappa shape index (κ1) is 20.2. The molecule has 1 aliphatic heterocycles. The molecule has 1 amide bonds. The lowest BCUT2D eigenvalue weighted by Crippen LogP contribution is -2.48. The van der Waals surface area contributed by atoms with Crippen molar-refractivity contribution in [3.63, 3.8) is 0 Å². The second-order valence-electron chi connectivity index (χ2n) is 7.15. The molecule has 2 aromatic rings. The van der Waals surface area contributed by atoms with E-state index in [4.69, 9.17) is 9.47 Å². The quantitative estimate of drug-likeness (QED) is 0.656. The molecule has 0 saturated carbocycles. The van der Waals surface area contributed by atoms with Crippen molar-refractivity contribution in [2.24, 2.45) is 0 Å². The molecule has 0 N–H and O–H groups in total. The number of amides is 1. The van der Waals surface area contributed by atoms with Gasteiger partial charge in [-0.3, -0.25) is 9.69 Å². The van der Waals surface area contributed by atoms with Crippen LogP contribution in [0, 0.1) is 0 Å². The van der Waals surface area contributed by atoms with Crippen LogP contribution in [-0.2, 0) is 6.42 Å². The van der Waals surface area contributed by atoms with E-state index in [9.17, 15) is 4.79 Å². The molecule has 5 heteroatoms. The summed E-state index contributed by atoms with van der Waals surface area (Å²) >= 11 is 0. The third-order valence-corrected chi connectivity index (χ3v) is 5.32. The number of ether oxygens (including phenoxy) is 2. The van der Waals surface area contributed by atoms with Gasteiger partial charge in [-0.15, -0.1) is 0 Å². The number of carbonyl (C=O) groups is 1. The fraction of sp³-hybridized carbons (Fsp3) is 0.435. The standard InChI is InChI=1S/C23H30N2O3/c1-27-21-12-11-20(18-22(21)28-2)23(26)25-16-14-24(15-17-25)13-7-6-10-19-8-4-3-5-9-19/h3-5,8-9,11-12,18H,6-7,10,13-17H2,1-2H3. The number of hydrogen-bond acceptors (Lipinski definition) is 4. The average molecular weight is 383 g/mol. The molecule has 0 unspecified atom stereocenters. The van der Waals surface area contributed by atoms with Crippen LogP contribution >= 0.6 is 0 Å². The molecule has 5 nitrogen and oxygen atoms in total. The van der Waals surface area contributed by atoms with Crippen LogP contribution in [0.5, 0.6) is 11.5 Å². The molecule has 28 heavy (non-hydrogen) atoms. The lowest BCUT2D eigenvalue weighted by molar-refractivity contribution is 0.0635. The molecular formula is C23H30N2O3. The minimum atomic E-state index is 0.0599. The Balaban J connectivity index is 1.42. The Hall–Kier alpha value is -2.53. The highest BCUT2D eigenvalue weighted by atomic mass is 16.5. The number of carbonyl (C=O) groups excluding carboxylic acids is 1. The summed E-state index contributed by atoms with van der Waals surface area (Å²) in [5, 5.41) is 0. The molecule has 150 valence electrons. The number of piperazine rings is 1. The summed E-state index contributed by atoms with van der Waals surface area (Å²) in [6, 6.07) is 16.0. The van der Waals surface area contributed by atoms with E-state index >= 15 is 0 Å². The van der Waals surface area contributed by atoms with E-state index in [1.165, 1.54) is 18.4 Å². The maximum atomic E-state index is 12.8. The predicted molar refractivity (Wildman–Crippen MR) is 111 cm³/mol. The van der Waals surface area contributed by atoms with Crippen LogP contribution in [0.15, 0.2) is 48.5 Å². The van der Waals surface area contributed by atoms with Gasteiger partial charge in [0.15, 0.2) is 11.5 Å². The number of aryl methyl sites for hydroxylation is 1. The molecule has 1 heterocycles. The summed E-state index contributed by atoms with van der Waals surface area (Å²) in [6.07, 6.45) is 3.53. The van der Waals surface area contributed by atoms with Crippen LogP contribution in [0.1, 0.15) is 28.8 Å². The van der Waals surface area contributed by atoms with Crippen molar-refractivity contribution in [2.45, 2.75) is 19.3 Å². The number of methoxy groups -OCH3 is 2. The van der Waals surface area contributed by atoms with Crippen molar-refractivity contribution in [3.8, 4) is 11.5 Å². The molecule has 0 bridgehead atoms. The Bertz CT molecular complexity index is 756. The SMILES string of the molecule is COc1ccc(C(=O)N2CCN(CCCCc3ccccc3)CC2)cc1OC. The fourth-order valence-corrected chi connectivity index (χ4v) is 3.64. The van der Waals surface area contributed by atoms with E-state index in [-0.39, 0.29) is 5.91 Å². The summed E-state index contributed by atoms with van der Waals surface area (Å²) in [4.78, 5) is 17.2. The Morgan fingerprint density at radius 1 is 0.893 bits per heavy atom. The first-order chi connectivity index (χ1) is 13.7. The topological polar surface area (TPSA) is 42.0 Å². The lowest BCUT2D eigenvalue weighted by atomic mass is 10.1. The predicted octanol–water partition coefficient (Wildman–Crippen LogP) is 3.48. The highest BCUT2D eigenvalue weighted by molar-refractivity contribution is 5.95. The second-order valence-corrected chi connectivity index (χ2v) is 7.15. The van der Waals surface area contributed by atoms with Gasteiger partial charge in [-0.05, 0) is 49.6 Å². The monoisotopic (exact) mass is 382 g/mol. The summed E-state index contributed by atoms with van der Waals surface area (Å²) in [7, 11) is 3.18. The Labute approximate surface area is 167 Å². The first-order valence-electron chi connectivity index (χ1n) is 9.99. The van der Waals surface area contributed by atoms with Crippen LogP contribution < -0.4 is 9.47 Å². The van der Waals surface area contributed by atoms with Crippen molar-refractivity contribution in [3.05, 3.63) is 59.7 Å². The van der Waals surface area contributed by atoms with Gasteiger partial charge in [0.05, 0.1) is 14.2 Å². The van der Waals surface area contributed by atoms with Gasteiger partial charge in [0.1, 0.15) is 0 Å². The zero-order valence-electron chi connectivity index (χ0n) is 16.9. The van der Waals surface area contributed by atoms with Crippen LogP contribution in [-0.4, -0.2) is 62.7 Å². The van der Waals surface area contributed by atoms with Crippen LogP contribution in [0.4, 0.5) is 0 Å². The first-order valence-corrected chi connectivity index (χ1v) is 9.99. The van der Waals surface area contributed by atoms with Gasteiger partial charge in [-0.1, -0.05) is 30.3 Å². The number of rotatable bonds is 8. The molecule has 0 spiro atoms. The van der Waals surface area contributed by atoms with Crippen molar-refractivity contribution in [1.29, 1.82) is 0 Å². The minimum absolute atomic E-state index is 0.0599. The molecule has 1 aliphatic rings. The van der Waals surface area contributed by atoms with Gasteiger partial charge >= 0.3 is 0 Å². The highest BCUT2D eigenvalue weighted by Gasteiger charge is 2.22. The smallest absolute Gasteiger partial charge is 0.254 e. The van der Waals surface area contributed by atoms with Gasteiger partial charge in [-0.2, -0.15) is 0 Å². The van der Waals surface area contributed by atoms with Crippen molar-refractivity contribution in [2.75, 3.05) is 46.9 Å². The van der Waals surface area contributed by atoms with Gasteiger partial charge in [0, 0.05) is 31.7 Å². The lowest BCUT2D eigenvalue weighted by Gasteiger charge is -2.34. The highest BCUT2D eigenvalue weighted by Crippen LogP contribution is 2.28. The molecule has 1 saturated heterocycles. The summed E-state index contributed by atoms with van der Waals surface area (Å²) in [5.74, 6) is 1.29. The summed E-state index contributed by atoms with van der Waals surface area (Å²) in [5.41, 5.74) is 2.06. The Morgan fingerprint density at radius 2 is 1.61 bits per heavy atom. The zero-order valence-corrected chi connectivity index (χ0v) is 16.9. The molecule has 1 fully saturated rings. The fourth-order valence-electron chi connectivity index (χ4n) is 3.64.